The summed E-state index contributed by atoms with van der Waals surface area (Å²) in [5.74, 6) is 4.29. The third kappa shape index (κ3) is 2.25. The number of fused-ring (bicyclic) bond motifs is 1. The highest BCUT2D eigenvalue weighted by molar-refractivity contribution is 9.10. The average molecular weight is 324 g/mol. The van der Waals surface area contributed by atoms with Crippen LogP contribution in [0.3, 0.4) is 0 Å². The van der Waals surface area contributed by atoms with Gasteiger partial charge in [-0.25, -0.2) is 9.37 Å². The molecule has 0 amide bonds. The van der Waals surface area contributed by atoms with Crippen LogP contribution in [0.5, 0.6) is 0 Å². The van der Waals surface area contributed by atoms with Crippen molar-refractivity contribution in [2.45, 2.75) is 6.18 Å². The summed E-state index contributed by atoms with van der Waals surface area (Å²) >= 11 is 3.05. The van der Waals surface area contributed by atoms with Gasteiger partial charge in [-0.2, -0.15) is 13.2 Å². The highest BCUT2D eigenvalue weighted by Gasteiger charge is 2.33. The lowest BCUT2D eigenvalue weighted by atomic mass is 10.1. The number of halogens is 5. The van der Waals surface area contributed by atoms with E-state index in [0.29, 0.717) is 4.47 Å². The number of hydrogen-bond donors (Lipinski definition) is 2. The Kier molecular flexibility index (Phi) is 3.16. The topological polar surface area (TPSA) is 50.9 Å². The molecule has 0 fully saturated rings. The summed E-state index contributed by atoms with van der Waals surface area (Å²) in [5, 5.41) is 0.164. The molecule has 3 N–H and O–H groups in total. The smallest absolute Gasteiger partial charge is 0.323 e. The van der Waals surface area contributed by atoms with Crippen molar-refractivity contribution in [2.75, 3.05) is 5.43 Å². The van der Waals surface area contributed by atoms with Crippen LogP contribution in [0.4, 0.5) is 23.2 Å². The minimum absolute atomic E-state index is 0.0486. The molecule has 0 aliphatic heterocycles. The lowest BCUT2D eigenvalue weighted by Crippen LogP contribution is -2.13. The van der Waals surface area contributed by atoms with Gasteiger partial charge < -0.3 is 5.43 Å². The maximum absolute atomic E-state index is 13.6. The Bertz CT molecular complexity index is 612. The number of nitrogens with one attached hydrogen (secondary N) is 1. The number of nitrogens with two attached hydrogens (primary N) is 1. The molecule has 0 aliphatic carbocycles. The average Bonchev–Trinajstić information content (AvgIpc) is 2.26. The van der Waals surface area contributed by atoms with Crippen molar-refractivity contribution in [3.63, 3.8) is 0 Å². The van der Waals surface area contributed by atoms with Gasteiger partial charge in [0.25, 0.3) is 0 Å². The second-order valence-electron chi connectivity index (χ2n) is 3.48. The first-order valence-corrected chi connectivity index (χ1v) is 5.46. The Morgan fingerprint density at radius 2 is 1.89 bits per heavy atom. The highest BCUT2D eigenvalue weighted by Crippen LogP contribution is 2.34. The molecular formula is C10H6BrF4N3. The number of nitrogens with zero attached hydrogens (tertiary/aromatic N) is 1. The third-order valence-electron chi connectivity index (χ3n) is 2.28. The molecule has 2 rings (SSSR count). The van der Waals surface area contributed by atoms with Gasteiger partial charge in [-0.15, -0.1) is 0 Å². The largest absolute Gasteiger partial charge is 0.433 e. The van der Waals surface area contributed by atoms with E-state index in [0.717, 1.165) is 12.1 Å². The SMILES string of the molecule is NNc1cc(C(F)(F)F)nc2c(F)cc(Br)cc12. The molecule has 0 atom stereocenters. The van der Waals surface area contributed by atoms with E-state index >= 15 is 0 Å². The molecule has 0 saturated carbocycles. The van der Waals surface area contributed by atoms with Crippen LogP contribution in [0.2, 0.25) is 0 Å². The number of alkyl halides is 3. The number of hydrogen-bond acceptors (Lipinski definition) is 3. The molecule has 0 bridgehead atoms. The van der Waals surface area contributed by atoms with E-state index in [1.165, 1.54) is 6.07 Å². The molecule has 1 aromatic heterocycles. The van der Waals surface area contributed by atoms with Crippen molar-refractivity contribution in [3.05, 3.63) is 34.2 Å². The van der Waals surface area contributed by atoms with Crippen molar-refractivity contribution in [1.82, 2.24) is 4.98 Å². The van der Waals surface area contributed by atoms with Gasteiger partial charge in [0.15, 0.2) is 5.82 Å². The Morgan fingerprint density at radius 1 is 1.22 bits per heavy atom. The molecule has 3 nitrogen and oxygen atoms in total. The van der Waals surface area contributed by atoms with E-state index < -0.39 is 17.7 Å². The molecule has 1 heterocycles. The van der Waals surface area contributed by atoms with E-state index in [1.54, 1.807) is 0 Å². The number of nitrogen functional groups attached to an aromatic ring is 1. The van der Waals surface area contributed by atoms with Gasteiger partial charge in [-0.1, -0.05) is 15.9 Å². The summed E-state index contributed by atoms with van der Waals surface area (Å²) in [5.41, 5.74) is 0.468. The molecule has 0 spiro atoms. The van der Waals surface area contributed by atoms with Crippen molar-refractivity contribution in [3.8, 4) is 0 Å². The Balaban J connectivity index is 2.84. The minimum atomic E-state index is -4.67. The van der Waals surface area contributed by atoms with Crippen LogP contribution in [0.15, 0.2) is 22.7 Å². The van der Waals surface area contributed by atoms with E-state index in [9.17, 15) is 17.6 Å². The van der Waals surface area contributed by atoms with Gasteiger partial charge in [0.2, 0.25) is 0 Å². The Morgan fingerprint density at radius 3 is 2.44 bits per heavy atom. The van der Waals surface area contributed by atoms with Crippen LogP contribution in [0.1, 0.15) is 5.69 Å². The minimum Gasteiger partial charge on any atom is -0.323 e. The highest BCUT2D eigenvalue weighted by atomic mass is 79.9. The van der Waals surface area contributed by atoms with Crippen LogP contribution in [-0.2, 0) is 6.18 Å². The first-order valence-electron chi connectivity index (χ1n) is 4.66. The Labute approximate surface area is 107 Å². The first-order chi connectivity index (χ1) is 8.32. The van der Waals surface area contributed by atoms with Crippen LogP contribution in [0, 0.1) is 5.82 Å². The van der Waals surface area contributed by atoms with Crippen LogP contribution in [-0.4, -0.2) is 4.98 Å². The van der Waals surface area contributed by atoms with Gasteiger partial charge >= 0.3 is 6.18 Å². The number of anilines is 1. The molecule has 8 heteroatoms. The maximum Gasteiger partial charge on any atom is 0.433 e. The van der Waals surface area contributed by atoms with Crippen LogP contribution >= 0.6 is 15.9 Å². The fourth-order valence-corrected chi connectivity index (χ4v) is 1.95. The third-order valence-corrected chi connectivity index (χ3v) is 2.74. The van der Waals surface area contributed by atoms with Crippen molar-refractivity contribution < 1.29 is 17.6 Å². The first kappa shape index (κ1) is 13.0. The van der Waals surface area contributed by atoms with E-state index in [2.05, 4.69) is 26.3 Å². The van der Waals surface area contributed by atoms with Crippen molar-refractivity contribution in [2.24, 2.45) is 5.84 Å². The summed E-state index contributed by atoms with van der Waals surface area (Å²) < 4.78 is 51.7. The number of pyridine rings is 1. The molecule has 0 aliphatic rings. The van der Waals surface area contributed by atoms with Crippen molar-refractivity contribution >= 4 is 32.5 Å². The molecule has 18 heavy (non-hydrogen) atoms. The standard InChI is InChI=1S/C10H6BrF4N3/c11-4-1-5-7(18-16)3-8(10(13,14)15)17-9(5)6(12)2-4/h1-3H,16H2,(H,17,18). The summed E-state index contributed by atoms with van der Waals surface area (Å²) in [6.07, 6.45) is -4.67. The fourth-order valence-electron chi connectivity index (χ4n) is 1.52. The van der Waals surface area contributed by atoms with Gasteiger partial charge in [0.05, 0.1) is 5.69 Å². The Hall–Kier alpha value is -1.41. The molecule has 0 unspecified atom stereocenters. The predicted octanol–water partition coefficient (Wildman–Crippen LogP) is 3.44. The molecule has 2 aromatic rings. The van der Waals surface area contributed by atoms with Gasteiger partial charge in [0, 0.05) is 9.86 Å². The monoisotopic (exact) mass is 323 g/mol. The van der Waals surface area contributed by atoms with Gasteiger partial charge in [-0.05, 0) is 18.2 Å². The number of aromatic nitrogens is 1. The lowest BCUT2D eigenvalue weighted by Gasteiger charge is -2.11. The summed E-state index contributed by atoms with van der Waals surface area (Å²) in [6, 6.07) is 3.20. The summed E-state index contributed by atoms with van der Waals surface area (Å²) in [7, 11) is 0. The number of rotatable bonds is 1. The number of benzene rings is 1. The predicted molar refractivity (Wildman–Crippen MR) is 62.2 cm³/mol. The molecule has 0 saturated heterocycles. The zero-order chi connectivity index (χ0) is 13.5. The van der Waals surface area contributed by atoms with E-state index in [-0.39, 0.29) is 16.6 Å². The van der Waals surface area contributed by atoms with Crippen LogP contribution in [0.25, 0.3) is 10.9 Å². The normalized spacial score (nSPS) is 11.9. The second-order valence-corrected chi connectivity index (χ2v) is 4.40. The fraction of sp³-hybridized carbons (Fsp3) is 0.100. The zero-order valence-corrected chi connectivity index (χ0v) is 10.2. The van der Waals surface area contributed by atoms with Crippen LogP contribution < -0.4 is 11.3 Å². The summed E-state index contributed by atoms with van der Waals surface area (Å²) in [4.78, 5) is 3.28. The molecule has 96 valence electrons. The van der Waals surface area contributed by atoms with Gasteiger partial charge in [0.1, 0.15) is 11.2 Å². The van der Waals surface area contributed by atoms with E-state index in [1.807, 2.05) is 0 Å². The molecule has 1 aromatic carbocycles. The summed E-state index contributed by atoms with van der Waals surface area (Å²) in [6.45, 7) is 0. The van der Waals surface area contributed by atoms with Crippen molar-refractivity contribution in [1.29, 1.82) is 0 Å². The maximum atomic E-state index is 13.6. The zero-order valence-electron chi connectivity index (χ0n) is 8.65. The quantitative estimate of drug-likeness (QED) is 0.480. The van der Waals surface area contributed by atoms with Gasteiger partial charge in [-0.3, -0.25) is 5.84 Å². The molecular weight excluding hydrogens is 318 g/mol. The lowest BCUT2D eigenvalue weighted by molar-refractivity contribution is -0.140. The second kappa shape index (κ2) is 4.36. The number of hydrazine groups is 1. The van der Waals surface area contributed by atoms with E-state index in [4.69, 9.17) is 5.84 Å². The molecule has 0 radical (unpaired) electrons.